The molecule has 4 rings (SSSR count). The van der Waals surface area contributed by atoms with Crippen LogP contribution in [-0.4, -0.2) is 23.8 Å². The first kappa shape index (κ1) is 18.9. The first-order chi connectivity index (χ1) is 13.7. The number of carbonyl (C=O) groups excluding carboxylic acids is 1. The average Bonchev–Trinajstić information content (AvgIpc) is 3.01. The molecule has 148 valence electrons. The van der Waals surface area contributed by atoms with Gasteiger partial charge >= 0.3 is 5.97 Å². The van der Waals surface area contributed by atoms with Gasteiger partial charge in [-0.3, -0.25) is 0 Å². The summed E-state index contributed by atoms with van der Waals surface area (Å²) in [6.07, 6.45) is 6.11. The third-order valence-electron chi connectivity index (χ3n) is 5.93. The van der Waals surface area contributed by atoms with Gasteiger partial charge in [0.1, 0.15) is 5.75 Å². The zero-order valence-electron chi connectivity index (χ0n) is 17.1. The number of esters is 1. The van der Waals surface area contributed by atoms with Gasteiger partial charge in [-0.2, -0.15) is 0 Å². The lowest BCUT2D eigenvalue weighted by Crippen LogP contribution is -2.15. The highest BCUT2D eigenvalue weighted by Crippen LogP contribution is 2.42. The minimum atomic E-state index is -0.239. The lowest BCUT2D eigenvalue weighted by atomic mass is 9.94. The summed E-state index contributed by atoms with van der Waals surface area (Å²) in [5, 5.41) is 3.19. The number of nitrogens with zero attached hydrogens (tertiary/aromatic N) is 1. The van der Waals surface area contributed by atoms with E-state index < -0.39 is 0 Å². The summed E-state index contributed by atoms with van der Waals surface area (Å²) in [5.41, 5.74) is 2.85. The molecule has 0 N–H and O–H groups in total. The molecule has 3 aromatic rings. The number of rotatable bonds is 5. The monoisotopic (exact) mass is 379 g/mol. The van der Waals surface area contributed by atoms with E-state index in [2.05, 4.69) is 29.7 Å². The van der Waals surface area contributed by atoms with Crippen molar-refractivity contribution in [3.05, 3.63) is 41.6 Å². The smallest absolute Gasteiger partial charge is 0.340 e. The average molecular weight is 380 g/mol. The largest absolute Gasteiger partial charge is 0.493 e. The Morgan fingerprint density at radius 2 is 1.75 bits per heavy atom. The van der Waals surface area contributed by atoms with Crippen molar-refractivity contribution in [2.24, 2.45) is 0 Å². The molecule has 0 radical (unpaired) electrons. The van der Waals surface area contributed by atoms with Gasteiger partial charge in [0.25, 0.3) is 0 Å². The number of carbonyl (C=O) groups is 1. The van der Waals surface area contributed by atoms with E-state index in [1.807, 2.05) is 26.0 Å². The second-order valence-corrected chi connectivity index (χ2v) is 7.59. The highest BCUT2D eigenvalue weighted by atomic mass is 16.5. The van der Waals surface area contributed by atoms with Crippen molar-refractivity contribution in [3.8, 4) is 5.75 Å². The van der Waals surface area contributed by atoms with Crippen molar-refractivity contribution in [1.82, 2.24) is 4.57 Å². The van der Waals surface area contributed by atoms with Gasteiger partial charge in [-0.15, -0.1) is 0 Å². The van der Waals surface area contributed by atoms with Gasteiger partial charge < -0.3 is 14.0 Å². The molecule has 1 aromatic heterocycles. The van der Waals surface area contributed by atoms with Crippen LogP contribution < -0.4 is 4.74 Å². The van der Waals surface area contributed by atoms with E-state index in [1.54, 1.807) is 0 Å². The van der Waals surface area contributed by atoms with Crippen molar-refractivity contribution in [3.63, 3.8) is 0 Å². The SMILES string of the molecule is CCOC(=O)c1c(C)n(C2CCCCC2)c2c1cc(OCC)c1ccccc12. The standard InChI is InChI=1S/C24H29NO3/c1-4-27-21-15-20-22(24(26)28-5-2)16(3)25(17-11-7-6-8-12-17)23(20)19-14-10-9-13-18(19)21/h9-10,13-15,17H,4-8,11-12H2,1-3H3. The molecular formula is C24H29NO3. The first-order valence-corrected chi connectivity index (χ1v) is 10.5. The molecule has 0 bridgehead atoms. The molecule has 0 unspecified atom stereocenters. The fraction of sp³-hybridized carbons (Fsp3) is 0.458. The van der Waals surface area contributed by atoms with Gasteiger partial charge in [0.2, 0.25) is 0 Å². The molecule has 1 saturated carbocycles. The molecule has 1 heterocycles. The Morgan fingerprint density at radius 3 is 2.43 bits per heavy atom. The second-order valence-electron chi connectivity index (χ2n) is 7.59. The van der Waals surface area contributed by atoms with Gasteiger partial charge in [0.15, 0.2) is 0 Å². The number of hydrogen-bond acceptors (Lipinski definition) is 3. The van der Waals surface area contributed by atoms with Crippen LogP contribution in [0, 0.1) is 6.92 Å². The topological polar surface area (TPSA) is 40.5 Å². The Morgan fingerprint density at radius 1 is 1.04 bits per heavy atom. The van der Waals surface area contributed by atoms with Crippen molar-refractivity contribution < 1.29 is 14.3 Å². The summed E-state index contributed by atoms with van der Waals surface area (Å²) in [4.78, 5) is 12.9. The normalized spacial score (nSPS) is 15.2. The molecule has 1 aliphatic carbocycles. The molecule has 0 saturated heterocycles. The zero-order valence-corrected chi connectivity index (χ0v) is 17.1. The third-order valence-corrected chi connectivity index (χ3v) is 5.93. The predicted molar refractivity (Wildman–Crippen MR) is 113 cm³/mol. The van der Waals surface area contributed by atoms with Crippen LogP contribution in [0.15, 0.2) is 30.3 Å². The van der Waals surface area contributed by atoms with Gasteiger partial charge in [-0.25, -0.2) is 4.79 Å². The number of fused-ring (bicyclic) bond motifs is 3. The van der Waals surface area contributed by atoms with Crippen LogP contribution in [0.4, 0.5) is 0 Å². The fourth-order valence-corrected chi connectivity index (χ4v) is 4.79. The molecule has 1 aliphatic rings. The Bertz CT molecular complexity index is 1010. The molecule has 28 heavy (non-hydrogen) atoms. The summed E-state index contributed by atoms with van der Waals surface area (Å²) in [6, 6.07) is 10.8. The van der Waals surface area contributed by atoms with Crippen molar-refractivity contribution >= 4 is 27.6 Å². The van der Waals surface area contributed by atoms with E-state index >= 15 is 0 Å². The second kappa shape index (κ2) is 7.86. The highest BCUT2D eigenvalue weighted by molar-refractivity contribution is 6.16. The van der Waals surface area contributed by atoms with Gasteiger partial charge in [-0.1, -0.05) is 43.5 Å². The maximum Gasteiger partial charge on any atom is 0.340 e. The molecule has 0 spiro atoms. The summed E-state index contributed by atoms with van der Waals surface area (Å²) in [6.45, 7) is 6.88. The lowest BCUT2D eigenvalue weighted by Gasteiger charge is -2.26. The number of benzene rings is 2. The predicted octanol–water partition coefficient (Wildman–Crippen LogP) is 6.18. The maximum atomic E-state index is 12.9. The number of aromatic nitrogens is 1. The summed E-state index contributed by atoms with van der Waals surface area (Å²) >= 11 is 0. The Labute approximate surface area is 166 Å². The van der Waals surface area contributed by atoms with E-state index in [0.717, 1.165) is 46.0 Å². The number of hydrogen-bond donors (Lipinski definition) is 0. The Balaban J connectivity index is 2.08. The van der Waals surface area contributed by atoms with Crippen LogP contribution in [0.5, 0.6) is 5.75 Å². The van der Waals surface area contributed by atoms with Gasteiger partial charge in [0, 0.05) is 27.9 Å². The quantitative estimate of drug-likeness (QED) is 0.497. The van der Waals surface area contributed by atoms with Gasteiger partial charge in [0.05, 0.1) is 24.3 Å². The van der Waals surface area contributed by atoms with E-state index in [0.29, 0.717) is 24.8 Å². The zero-order chi connectivity index (χ0) is 19.7. The van der Waals surface area contributed by atoms with E-state index in [4.69, 9.17) is 9.47 Å². The molecular weight excluding hydrogens is 350 g/mol. The minimum Gasteiger partial charge on any atom is -0.493 e. The van der Waals surface area contributed by atoms with E-state index in [1.165, 1.54) is 19.3 Å². The van der Waals surface area contributed by atoms with E-state index in [9.17, 15) is 4.79 Å². The summed E-state index contributed by atoms with van der Waals surface area (Å²) in [7, 11) is 0. The Hall–Kier alpha value is -2.49. The lowest BCUT2D eigenvalue weighted by molar-refractivity contribution is 0.0527. The third kappa shape index (κ3) is 3.05. The fourth-order valence-electron chi connectivity index (χ4n) is 4.79. The highest BCUT2D eigenvalue weighted by Gasteiger charge is 2.28. The van der Waals surface area contributed by atoms with Crippen molar-refractivity contribution in [2.75, 3.05) is 13.2 Å². The van der Waals surface area contributed by atoms with Crippen LogP contribution in [0.3, 0.4) is 0 Å². The van der Waals surface area contributed by atoms with Crippen LogP contribution >= 0.6 is 0 Å². The molecule has 4 heteroatoms. The number of ether oxygens (including phenoxy) is 2. The van der Waals surface area contributed by atoms with Crippen LogP contribution in [0.1, 0.15) is 68.0 Å². The first-order valence-electron chi connectivity index (χ1n) is 10.5. The molecule has 4 nitrogen and oxygen atoms in total. The molecule has 1 fully saturated rings. The molecule has 0 amide bonds. The Kier molecular flexibility index (Phi) is 5.29. The maximum absolute atomic E-state index is 12.9. The van der Waals surface area contributed by atoms with Gasteiger partial charge in [-0.05, 0) is 39.7 Å². The van der Waals surface area contributed by atoms with Crippen LogP contribution in [0.2, 0.25) is 0 Å². The van der Waals surface area contributed by atoms with Crippen molar-refractivity contribution in [2.45, 2.75) is 58.9 Å². The minimum absolute atomic E-state index is 0.239. The molecule has 2 aromatic carbocycles. The summed E-state index contributed by atoms with van der Waals surface area (Å²) < 4.78 is 13.8. The van der Waals surface area contributed by atoms with Crippen LogP contribution in [-0.2, 0) is 4.74 Å². The van der Waals surface area contributed by atoms with Crippen LogP contribution in [0.25, 0.3) is 21.7 Å². The summed E-state index contributed by atoms with van der Waals surface area (Å²) in [5.74, 6) is 0.592. The molecule has 0 aliphatic heterocycles. The van der Waals surface area contributed by atoms with Crippen molar-refractivity contribution in [1.29, 1.82) is 0 Å². The van der Waals surface area contributed by atoms with E-state index in [-0.39, 0.29) is 5.97 Å². The molecule has 0 atom stereocenters.